The quantitative estimate of drug-likeness (QED) is 0.852. The third-order valence-corrected chi connectivity index (χ3v) is 2.84. The summed E-state index contributed by atoms with van der Waals surface area (Å²) in [6, 6.07) is 3.61. The van der Waals surface area contributed by atoms with E-state index in [1.807, 2.05) is 19.9 Å². The minimum absolute atomic E-state index is 0.210. The van der Waals surface area contributed by atoms with Crippen molar-refractivity contribution in [1.82, 2.24) is 0 Å². The number of hydrogen-bond donors (Lipinski definition) is 1. The SMILES string of the molecule is CCC(C(=O)O)c1cc2c(cc1C)OCO2. The molecule has 1 atom stereocenters. The third kappa shape index (κ3) is 1.71. The summed E-state index contributed by atoms with van der Waals surface area (Å²) in [5.41, 5.74) is 1.73. The van der Waals surface area contributed by atoms with E-state index in [4.69, 9.17) is 14.6 Å². The first-order chi connectivity index (χ1) is 7.63. The van der Waals surface area contributed by atoms with Gasteiger partial charge in [-0.2, -0.15) is 0 Å². The number of fused-ring (bicyclic) bond motifs is 1. The van der Waals surface area contributed by atoms with Crippen LogP contribution >= 0.6 is 0 Å². The molecule has 0 aliphatic carbocycles. The van der Waals surface area contributed by atoms with Gasteiger partial charge >= 0.3 is 5.97 Å². The number of ether oxygens (including phenoxy) is 2. The Kier molecular flexibility index (Phi) is 2.73. The zero-order valence-corrected chi connectivity index (χ0v) is 9.32. The van der Waals surface area contributed by atoms with Crippen LogP contribution in [0.2, 0.25) is 0 Å². The van der Waals surface area contributed by atoms with Gasteiger partial charge in [0.1, 0.15) is 0 Å². The number of carbonyl (C=O) groups is 1. The smallest absolute Gasteiger partial charge is 0.310 e. The monoisotopic (exact) mass is 222 g/mol. The molecule has 4 heteroatoms. The predicted octanol–water partition coefficient (Wildman–Crippen LogP) is 2.30. The second kappa shape index (κ2) is 4.04. The lowest BCUT2D eigenvalue weighted by Crippen LogP contribution is -2.11. The fourth-order valence-electron chi connectivity index (χ4n) is 1.96. The predicted molar refractivity (Wildman–Crippen MR) is 58.0 cm³/mol. The van der Waals surface area contributed by atoms with Gasteiger partial charge in [0.15, 0.2) is 11.5 Å². The standard InChI is InChI=1S/C12H14O4/c1-3-8(12(13)14)9-5-11-10(4-7(9)2)15-6-16-11/h4-5,8H,3,6H2,1-2H3,(H,13,14). The van der Waals surface area contributed by atoms with Gasteiger partial charge in [-0.25, -0.2) is 0 Å². The fraction of sp³-hybridized carbons (Fsp3) is 0.417. The highest BCUT2D eigenvalue weighted by atomic mass is 16.7. The molecule has 0 spiro atoms. The normalized spacial score (nSPS) is 14.9. The summed E-state index contributed by atoms with van der Waals surface area (Å²) in [4.78, 5) is 11.1. The van der Waals surface area contributed by atoms with E-state index < -0.39 is 11.9 Å². The van der Waals surface area contributed by atoms with Crippen molar-refractivity contribution in [2.75, 3.05) is 6.79 Å². The summed E-state index contributed by atoms with van der Waals surface area (Å²) in [5.74, 6) is 0.0563. The Morgan fingerprint density at radius 1 is 1.44 bits per heavy atom. The highest BCUT2D eigenvalue weighted by Gasteiger charge is 2.23. The molecule has 1 aromatic rings. The van der Waals surface area contributed by atoms with E-state index in [9.17, 15) is 4.79 Å². The Hall–Kier alpha value is -1.71. The average molecular weight is 222 g/mol. The number of aryl methyl sites for hydroxylation is 1. The van der Waals surface area contributed by atoms with E-state index in [-0.39, 0.29) is 6.79 Å². The molecular weight excluding hydrogens is 208 g/mol. The van der Waals surface area contributed by atoms with Gasteiger partial charge in [-0.3, -0.25) is 4.79 Å². The average Bonchev–Trinajstić information content (AvgIpc) is 2.65. The zero-order chi connectivity index (χ0) is 11.7. The van der Waals surface area contributed by atoms with Crippen LogP contribution in [0.15, 0.2) is 12.1 Å². The van der Waals surface area contributed by atoms with Gasteiger partial charge < -0.3 is 14.6 Å². The van der Waals surface area contributed by atoms with Gasteiger partial charge in [0.2, 0.25) is 6.79 Å². The summed E-state index contributed by atoms with van der Waals surface area (Å²) in [5, 5.41) is 9.13. The number of carboxylic acids is 1. The molecule has 0 saturated heterocycles. The maximum atomic E-state index is 11.1. The van der Waals surface area contributed by atoms with E-state index in [0.29, 0.717) is 17.9 Å². The molecular formula is C12H14O4. The maximum absolute atomic E-state index is 11.1. The van der Waals surface area contributed by atoms with E-state index in [1.165, 1.54) is 0 Å². The van der Waals surface area contributed by atoms with Crippen molar-refractivity contribution in [1.29, 1.82) is 0 Å². The Morgan fingerprint density at radius 2 is 2.06 bits per heavy atom. The first-order valence-corrected chi connectivity index (χ1v) is 5.26. The Bertz CT molecular complexity index is 425. The van der Waals surface area contributed by atoms with Gasteiger partial charge in [0.25, 0.3) is 0 Å². The zero-order valence-electron chi connectivity index (χ0n) is 9.32. The van der Waals surface area contributed by atoms with Crippen LogP contribution in [0.3, 0.4) is 0 Å². The van der Waals surface area contributed by atoms with Crippen LogP contribution in [0.25, 0.3) is 0 Å². The molecule has 1 aromatic carbocycles. The summed E-state index contributed by atoms with van der Waals surface area (Å²) < 4.78 is 10.5. The van der Waals surface area contributed by atoms with Crippen LogP contribution in [-0.2, 0) is 4.79 Å². The van der Waals surface area contributed by atoms with Crippen molar-refractivity contribution in [3.63, 3.8) is 0 Å². The molecule has 1 unspecified atom stereocenters. The molecule has 0 amide bonds. The molecule has 2 rings (SSSR count). The van der Waals surface area contributed by atoms with Crippen LogP contribution in [0.5, 0.6) is 11.5 Å². The van der Waals surface area contributed by atoms with Crippen LogP contribution in [0.4, 0.5) is 0 Å². The van der Waals surface area contributed by atoms with E-state index in [1.54, 1.807) is 6.07 Å². The largest absolute Gasteiger partial charge is 0.481 e. The topological polar surface area (TPSA) is 55.8 Å². The number of carboxylic acid groups (broad SMARTS) is 1. The van der Waals surface area contributed by atoms with E-state index in [0.717, 1.165) is 11.1 Å². The molecule has 16 heavy (non-hydrogen) atoms. The van der Waals surface area contributed by atoms with Crippen molar-refractivity contribution in [2.24, 2.45) is 0 Å². The Morgan fingerprint density at radius 3 is 2.62 bits per heavy atom. The van der Waals surface area contributed by atoms with Gasteiger partial charge in [0, 0.05) is 0 Å². The minimum atomic E-state index is -0.801. The lowest BCUT2D eigenvalue weighted by Gasteiger charge is -2.13. The van der Waals surface area contributed by atoms with Crippen LogP contribution in [0, 0.1) is 6.92 Å². The molecule has 1 heterocycles. The van der Waals surface area contributed by atoms with Crippen LogP contribution in [-0.4, -0.2) is 17.9 Å². The summed E-state index contributed by atoms with van der Waals surface area (Å²) in [7, 11) is 0. The molecule has 0 saturated carbocycles. The third-order valence-electron chi connectivity index (χ3n) is 2.84. The Labute approximate surface area is 93.8 Å². The molecule has 1 aliphatic rings. The van der Waals surface area contributed by atoms with Crippen molar-refractivity contribution in [3.8, 4) is 11.5 Å². The number of aliphatic carboxylic acids is 1. The summed E-state index contributed by atoms with van der Waals surface area (Å²) >= 11 is 0. The minimum Gasteiger partial charge on any atom is -0.481 e. The van der Waals surface area contributed by atoms with Gasteiger partial charge in [-0.1, -0.05) is 6.92 Å². The van der Waals surface area contributed by atoms with E-state index in [2.05, 4.69) is 0 Å². The lowest BCUT2D eigenvalue weighted by atomic mass is 9.92. The van der Waals surface area contributed by atoms with Crippen molar-refractivity contribution in [3.05, 3.63) is 23.3 Å². The molecule has 86 valence electrons. The fourth-order valence-corrected chi connectivity index (χ4v) is 1.96. The Balaban J connectivity index is 2.44. The summed E-state index contributed by atoms with van der Waals surface area (Å²) in [6.07, 6.45) is 0.565. The van der Waals surface area contributed by atoms with Crippen molar-refractivity contribution >= 4 is 5.97 Å². The maximum Gasteiger partial charge on any atom is 0.310 e. The number of rotatable bonds is 3. The molecule has 0 bridgehead atoms. The number of hydrogen-bond acceptors (Lipinski definition) is 3. The highest BCUT2D eigenvalue weighted by molar-refractivity contribution is 5.77. The number of benzene rings is 1. The summed E-state index contributed by atoms with van der Waals surface area (Å²) in [6.45, 7) is 3.97. The van der Waals surface area contributed by atoms with Gasteiger partial charge in [0.05, 0.1) is 5.92 Å². The molecule has 0 fully saturated rings. The highest BCUT2D eigenvalue weighted by Crippen LogP contribution is 2.37. The molecule has 0 aromatic heterocycles. The lowest BCUT2D eigenvalue weighted by molar-refractivity contribution is -0.138. The van der Waals surface area contributed by atoms with Gasteiger partial charge in [-0.15, -0.1) is 0 Å². The molecule has 0 radical (unpaired) electrons. The molecule has 1 aliphatic heterocycles. The van der Waals surface area contributed by atoms with Crippen LogP contribution in [0.1, 0.15) is 30.4 Å². The molecule has 4 nitrogen and oxygen atoms in total. The van der Waals surface area contributed by atoms with Crippen molar-refractivity contribution in [2.45, 2.75) is 26.2 Å². The van der Waals surface area contributed by atoms with E-state index >= 15 is 0 Å². The van der Waals surface area contributed by atoms with Crippen LogP contribution < -0.4 is 9.47 Å². The first-order valence-electron chi connectivity index (χ1n) is 5.26. The van der Waals surface area contributed by atoms with Crippen molar-refractivity contribution < 1.29 is 19.4 Å². The molecule has 1 N–H and O–H groups in total. The second-order valence-electron chi connectivity index (χ2n) is 3.86. The first kappa shape index (κ1) is 10.8. The van der Waals surface area contributed by atoms with Gasteiger partial charge in [-0.05, 0) is 36.6 Å². The second-order valence-corrected chi connectivity index (χ2v) is 3.86.